The van der Waals surface area contributed by atoms with E-state index in [0.29, 0.717) is 29.4 Å². The second-order valence-electron chi connectivity index (χ2n) is 5.89. The van der Waals surface area contributed by atoms with Gasteiger partial charge in [-0.3, -0.25) is 4.79 Å². The van der Waals surface area contributed by atoms with Crippen LogP contribution in [0.25, 0.3) is 6.08 Å². The van der Waals surface area contributed by atoms with Crippen molar-refractivity contribution in [1.29, 1.82) is 0 Å². The van der Waals surface area contributed by atoms with E-state index in [9.17, 15) is 4.79 Å². The minimum atomic E-state index is -0.129. The lowest BCUT2D eigenvalue weighted by Crippen LogP contribution is -2.02. The van der Waals surface area contributed by atoms with Gasteiger partial charge in [0.1, 0.15) is 23.9 Å². The first-order valence-electron chi connectivity index (χ1n) is 8.34. The van der Waals surface area contributed by atoms with Gasteiger partial charge in [-0.25, -0.2) is 0 Å². The molecule has 0 saturated carbocycles. The molecule has 0 amide bonds. The van der Waals surface area contributed by atoms with Gasteiger partial charge in [0, 0.05) is 11.6 Å². The van der Waals surface area contributed by atoms with Crippen LogP contribution in [-0.2, 0) is 0 Å². The molecule has 136 valence electrons. The van der Waals surface area contributed by atoms with E-state index in [0.717, 1.165) is 5.56 Å². The first kappa shape index (κ1) is 19.3. The van der Waals surface area contributed by atoms with Crippen molar-refractivity contribution in [2.45, 2.75) is 13.8 Å². The summed E-state index contributed by atoms with van der Waals surface area (Å²) in [4.78, 5) is 12.6. The normalized spacial score (nSPS) is 10.5. The Labute approximate surface area is 154 Å². The van der Waals surface area contributed by atoms with Gasteiger partial charge in [-0.05, 0) is 56.3 Å². The van der Waals surface area contributed by atoms with Gasteiger partial charge in [-0.1, -0.05) is 17.7 Å². The molecule has 2 aromatic carbocycles. The molecule has 2 aromatic rings. The number of rotatable bonds is 8. The van der Waals surface area contributed by atoms with Gasteiger partial charge in [0.25, 0.3) is 0 Å². The van der Waals surface area contributed by atoms with Gasteiger partial charge in [-0.15, -0.1) is 0 Å². The predicted octanol–water partition coefficient (Wildman–Crippen LogP) is 4.94. The minimum absolute atomic E-state index is 0.129. The summed E-state index contributed by atoms with van der Waals surface area (Å²) in [6, 6.07) is 12.7. The number of methoxy groups -OCH3 is 2. The number of carbonyl (C=O) groups excluding carboxylic acids is 1. The fraction of sp³-hybridized carbons (Fsp3) is 0.227. The molecule has 0 radical (unpaired) electrons. The van der Waals surface area contributed by atoms with Gasteiger partial charge in [0.2, 0.25) is 0 Å². The molecule has 0 bridgehead atoms. The Morgan fingerprint density at radius 3 is 2.46 bits per heavy atom. The highest BCUT2D eigenvalue weighted by Gasteiger charge is 2.10. The highest BCUT2D eigenvalue weighted by atomic mass is 16.5. The smallest absolute Gasteiger partial charge is 0.189 e. The molecule has 4 heteroatoms. The van der Waals surface area contributed by atoms with Crippen LogP contribution in [0.15, 0.2) is 60.2 Å². The second kappa shape index (κ2) is 9.47. The van der Waals surface area contributed by atoms with Crippen LogP contribution in [0.2, 0.25) is 0 Å². The maximum absolute atomic E-state index is 12.6. The number of allylic oxidation sites excluding steroid dienone is 2. The van der Waals surface area contributed by atoms with E-state index < -0.39 is 0 Å². The SMILES string of the molecule is COc1ccc(C=CC(=O)c2ccccc2OCC=C(C)C)c(OC)c1. The summed E-state index contributed by atoms with van der Waals surface area (Å²) in [5.74, 6) is 1.78. The number of hydrogen-bond donors (Lipinski definition) is 0. The van der Waals surface area contributed by atoms with Crippen LogP contribution in [0.1, 0.15) is 29.8 Å². The van der Waals surface area contributed by atoms with Crippen LogP contribution in [-0.4, -0.2) is 26.6 Å². The molecular formula is C22H24O4. The van der Waals surface area contributed by atoms with E-state index in [-0.39, 0.29) is 5.78 Å². The van der Waals surface area contributed by atoms with E-state index in [1.807, 2.05) is 44.2 Å². The fourth-order valence-electron chi connectivity index (χ4n) is 2.31. The van der Waals surface area contributed by atoms with Crippen LogP contribution in [0.4, 0.5) is 0 Å². The van der Waals surface area contributed by atoms with Crippen molar-refractivity contribution < 1.29 is 19.0 Å². The molecule has 26 heavy (non-hydrogen) atoms. The first-order valence-corrected chi connectivity index (χ1v) is 8.34. The summed E-state index contributed by atoms with van der Waals surface area (Å²) in [5, 5.41) is 0. The monoisotopic (exact) mass is 352 g/mol. The first-order chi connectivity index (χ1) is 12.5. The lowest BCUT2D eigenvalue weighted by Gasteiger charge is -2.09. The van der Waals surface area contributed by atoms with E-state index in [1.165, 1.54) is 11.6 Å². The quantitative estimate of drug-likeness (QED) is 0.383. The zero-order chi connectivity index (χ0) is 18.9. The molecule has 0 unspecified atom stereocenters. The third-order valence-corrected chi connectivity index (χ3v) is 3.74. The van der Waals surface area contributed by atoms with Crippen molar-refractivity contribution in [2.75, 3.05) is 20.8 Å². The van der Waals surface area contributed by atoms with Crippen LogP contribution < -0.4 is 14.2 Å². The van der Waals surface area contributed by atoms with Crippen molar-refractivity contribution >= 4 is 11.9 Å². The number of para-hydroxylation sites is 1. The maximum Gasteiger partial charge on any atom is 0.189 e. The van der Waals surface area contributed by atoms with E-state index in [2.05, 4.69) is 0 Å². The van der Waals surface area contributed by atoms with Crippen LogP contribution in [0.3, 0.4) is 0 Å². The van der Waals surface area contributed by atoms with Crippen molar-refractivity contribution in [3.63, 3.8) is 0 Å². The summed E-state index contributed by atoms with van der Waals surface area (Å²) in [7, 11) is 3.18. The summed E-state index contributed by atoms with van der Waals surface area (Å²) in [6.07, 6.45) is 5.22. The van der Waals surface area contributed by atoms with Crippen molar-refractivity contribution in [1.82, 2.24) is 0 Å². The standard InChI is InChI=1S/C22H24O4/c1-16(2)13-14-26-21-8-6-5-7-19(21)20(23)12-10-17-9-11-18(24-3)15-22(17)25-4/h5-13,15H,14H2,1-4H3. The highest BCUT2D eigenvalue weighted by molar-refractivity contribution is 6.08. The lowest BCUT2D eigenvalue weighted by atomic mass is 10.1. The number of carbonyl (C=O) groups is 1. The fourth-order valence-corrected chi connectivity index (χ4v) is 2.31. The summed E-state index contributed by atoms with van der Waals surface area (Å²) >= 11 is 0. The summed E-state index contributed by atoms with van der Waals surface area (Å²) in [5.41, 5.74) is 2.49. The average molecular weight is 352 g/mol. The van der Waals surface area contributed by atoms with Gasteiger partial charge < -0.3 is 14.2 Å². The molecule has 0 heterocycles. The van der Waals surface area contributed by atoms with Crippen LogP contribution in [0.5, 0.6) is 17.2 Å². The Kier molecular flexibility index (Phi) is 7.03. The number of ether oxygens (including phenoxy) is 3. The number of ketones is 1. The van der Waals surface area contributed by atoms with Gasteiger partial charge in [-0.2, -0.15) is 0 Å². The molecule has 4 nitrogen and oxygen atoms in total. The molecule has 0 spiro atoms. The molecule has 0 N–H and O–H groups in total. The molecule has 0 aliphatic rings. The molecule has 0 aliphatic carbocycles. The van der Waals surface area contributed by atoms with Gasteiger partial charge >= 0.3 is 0 Å². The Bertz CT molecular complexity index is 815. The Balaban J connectivity index is 2.20. The second-order valence-corrected chi connectivity index (χ2v) is 5.89. The average Bonchev–Trinajstić information content (AvgIpc) is 2.66. The van der Waals surface area contributed by atoms with Crippen molar-refractivity contribution in [3.05, 3.63) is 71.3 Å². The number of benzene rings is 2. The van der Waals surface area contributed by atoms with Crippen molar-refractivity contribution in [3.8, 4) is 17.2 Å². The zero-order valence-electron chi connectivity index (χ0n) is 15.6. The van der Waals surface area contributed by atoms with Crippen molar-refractivity contribution in [2.24, 2.45) is 0 Å². The maximum atomic E-state index is 12.6. The van der Waals surface area contributed by atoms with Gasteiger partial charge in [0.05, 0.1) is 19.8 Å². The topological polar surface area (TPSA) is 44.8 Å². The predicted molar refractivity (Wildman–Crippen MR) is 104 cm³/mol. The largest absolute Gasteiger partial charge is 0.497 e. The van der Waals surface area contributed by atoms with Crippen LogP contribution in [0, 0.1) is 0 Å². The Morgan fingerprint density at radius 2 is 1.77 bits per heavy atom. The molecular weight excluding hydrogens is 328 g/mol. The minimum Gasteiger partial charge on any atom is -0.497 e. The van der Waals surface area contributed by atoms with Gasteiger partial charge in [0.15, 0.2) is 5.78 Å². The van der Waals surface area contributed by atoms with E-state index in [1.54, 1.807) is 38.5 Å². The molecule has 0 aliphatic heterocycles. The third-order valence-electron chi connectivity index (χ3n) is 3.74. The van der Waals surface area contributed by atoms with E-state index in [4.69, 9.17) is 14.2 Å². The molecule has 0 aromatic heterocycles. The molecule has 2 rings (SSSR count). The zero-order valence-corrected chi connectivity index (χ0v) is 15.6. The van der Waals surface area contributed by atoms with Crippen LogP contribution >= 0.6 is 0 Å². The molecule has 0 saturated heterocycles. The Morgan fingerprint density at radius 1 is 1.00 bits per heavy atom. The Hall–Kier alpha value is -3.01. The lowest BCUT2D eigenvalue weighted by molar-refractivity contribution is 0.104. The summed E-state index contributed by atoms with van der Waals surface area (Å²) < 4.78 is 16.3. The number of hydrogen-bond acceptors (Lipinski definition) is 4. The molecule has 0 atom stereocenters. The highest BCUT2D eigenvalue weighted by Crippen LogP contribution is 2.26. The summed E-state index contributed by atoms with van der Waals surface area (Å²) in [6.45, 7) is 4.44. The van der Waals surface area contributed by atoms with E-state index >= 15 is 0 Å². The molecule has 0 fully saturated rings. The third kappa shape index (κ3) is 5.24.